The molecule has 108 heavy (non-hydrogen) atoms. The van der Waals surface area contributed by atoms with E-state index in [4.69, 9.17) is 22.9 Å². The van der Waals surface area contributed by atoms with Crippen LogP contribution < -0.4 is 76.1 Å². The van der Waals surface area contributed by atoms with Crippen LogP contribution in [-0.4, -0.2) is 210 Å². The van der Waals surface area contributed by atoms with Crippen LogP contribution in [0.15, 0.2) is 91.0 Å². The second-order valence-electron chi connectivity index (χ2n) is 27.1. The molecule has 1 saturated heterocycles. The number of carbonyl (C=O) groups is 16. The average molecular weight is 1510 g/mol. The van der Waals surface area contributed by atoms with Crippen LogP contribution in [0.3, 0.4) is 0 Å². The molecule has 3 aromatic rings. The summed E-state index contributed by atoms with van der Waals surface area (Å²) in [6.07, 6.45) is -0.395. The summed E-state index contributed by atoms with van der Waals surface area (Å²) in [7, 11) is 0. The van der Waals surface area contributed by atoms with E-state index in [0.717, 1.165) is 4.90 Å². The minimum Gasteiger partial charge on any atom is -0.508 e. The highest BCUT2D eigenvalue weighted by molar-refractivity contribution is 6.01. The monoisotopic (exact) mass is 1510 g/mol. The smallest absolute Gasteiger partial charge is 0.326 e. The van der Waals surface area contributed by atoms with E-state index in [1.54, 1.807) is 42.5 Å². The first-order valence-corrected chi connectivity index (χ1v) is 35.4. The highest BCUT2D eigenvalue weighted by Gasteiger charge is 2.45. The summed E-state index contributed by atoms with van der Waals surface area (Å²) in [5.41, 5.74) is 19.7. The molecule has 0 radical (unpaired) electrons. The number of nitrogens with two attached hydrogens (primary N) is 4. The standard InChI is InChI=1S/C72H99N15O21/c1-71(69(107)83-49(68(105)106)28-30-59(95)96)31-11-5-3-4-6-12-32-72(2,70(108)84-51(37-43-21-25-45(89)26-22-43)64(101)79-47(17-10-13-33-73)61(98)81-52(65(102)85-71)35-41-15-8-7-9-16-41)86-66(103)54-18-14-34-87(54)67(104)53(39-56(76)91)82-62(99)48(27-29-58(93)94)80-63(100)50(36-42-19-23-44(88)24-20-42)78-57(92)40-77-60(97)46(74)38-55(75)90/h3-4,7-9,15-16,19-26,46-54,88-89H,5-6,10-14,17-18,27-40,73-74H2,1-2H3,(H2,75,90)(H2,76,91)(H,77,97)(H,78,92)(H,79,101)(H,80,100)(H,81,98)(H,82,99)(H,83,107)(H,84,108)(H,85,102)(H,86,103)(H,93,94)(H,95,96)(H,105,106)/b4-3-/t46-,47+,48+,49+,50-,51+,52+,53+,54+,71+,72+/m1/s1. The number of hydrogen-bond donors (Lipinski definition) is 19. The van der Waals surface area contributed by atoms with E-state index >= 15 is 14.4 Å². The minimum absolute atomic E-state index is 0.0665. The number of amides is 13. The van der Waals surface area contributed by atoms with Gasteiger partial charge in [0.25, 0.3) is 0 Å². The van der Waals surface area contributed by atoms with Crippen molar-refractivity contribution in [3.8, 4) is 11.5 Å². The van der Waals surface area contributed by atoms with Gasteiger partial charge < -0.3 is 107 Å². The first-order chi connectivity index (χ1) is 51.1. The van der Waals surface area contributed by atoms with Gasteiger partial charge in [0.1, 0.15) is 70.9 Å². The van der Waals surface area contributed by atoms with Crippen molar-refractivity contribution in [2.45, 2.75) is 208 Å². The summed E-state index contributed by atoms with van der Waals surface area (Å²) in [6.45, 7) is 1.91. The molecule has 1 fully saturated rings. The Hall–Kier alpha value is -11.6. The van der Waals surface area contributed by atoms with Crippen LogP contribution in [0.1, 0.15) is 140 Å². The topological polar surface area (TPSA) is 602 Å². The number of hydrogen-bond acceptors (Lipinski definition) is 20. The summed E-state index contributed by atoms with van der Waals surface area (Å²) in [5.74, 6) is -17.6. The van der Waals surface area contributed by atoms with E-state index in [9.17, 15) is 87.9 Å². The lowest BCUT2D eigenvalue weighted by atomic mass is 9.91. The first kappa shape index (κ1) is 87.1. The van der Waals surface area contributed by atoms with Crippen molar-refractivity contribution in [2.24, 2.45) is 22.9 Å². The number of carboxylic acid groups (broad SMARTS) is 3. The van der Waals surface area contributed by atoms with E-state index < -0.39 is 205 Å². The van der Waals surface area contributed by atoms with Gasteiger partial charge in [-0.3, -0.25) is 71.9 Å². The number of benzene rings is 3. The largest absolute Gasteiger partial charge is 0.508 e. The van der Waals surface area contributed by atoms with Gasteiger partial charge in [0.05, 0.1) is 25.4 Å². The zero-order valence-corrected chi connectivity index (χ0v) is 60.1. The van der Waals surface area contributed by atoms with E-state index in [1.807, 2.05) is 0 Å². The second kappa shape index (κ2) is 42.5. The fourth-order valence-corrected chi connectivity index (χ4v) is 12.1. The van der Waals surface area contributed by atoms with Crippen molar-refractivity contribution < 1.29 is 102 Å². The Labute approximate surface area is 622 Å². The predicted octanol–water partition coefficient (Wildman–Crippen LogP) is -2.69. The van der Waals surface area contributed by atoms with Gasteiger partial charge in [0.2, 0.25) is 76.8 Å². The Kier molecular flexibility index (Phi) is 34.3. The molecular formula is C72H99N15O21. The van der Waals surface area contributed by atoms with Gasteiger partial charge in [0.15, 0.2) is 0 Å². The molecule has 2 aliphatic heterocycles. The molecule has 0 bridgehead atoms. The van der Waals surface area contributed by atoms with Gasteiger partial charge in [0, 0.05) is 38.6 Å². The van der Waals surface area contributed by atoms with Crippen LogP contribution in [-0.2, 0) is 96.0 Å². The number of allylic oxidation sites excluding steroid dienone is 2. The molecular weight excluding hydrogens is 1410 g/mol. The predicted molar refractivity (Wildman–Crippen MR) is 385 cm³/mol. The van der Waals surface area contributed by atoms with Crippen molar-refractivity contribution in [1.29, 1.82) is 0 Å². The number of rotatable bonds is 34. The number of aromatic hydroxyl groups is 2. The maximum absolute atomic E-state index is 15.3. The zero-order chi connectivity index (χ0) is 79.8. The summed E-state index contributed by atoms with van der Waals surface area (Å²) in [5, 5.41) is 74.8. The molecule has 23 N–H and O–H groups in total. The Morgan fingerprint density at radius 2 is 1.13 bits per heavy atom. The Bertz CT molecular complexity index is 3730. The highest BCUT2D eigenvalue weighted by atomic mass is 16.4. The summed E-state index contributed by atoms with van der Waals surface area (Å²) < 4.78 is 0. The van der Waals surface area contributed by atoms with E-state index in [2.05, 4.69) is 53.2 Å². The lowest BCUT2D eigenvalue weighted by Gasteiger charge is -2.35. The first-order valence-electron chi connectivity index (χ1n) is 35.4. The van der Waals surface area contributed by atoms with Crippen LogP contribution in [0.4, 0.5) is 0 Å². The molecule has 11 atom stereocenters. The second-order valence-corrected chi connectivity index (χ2v) is 27.1. The molecule has 13 amide bonds. The van der Waals surface area contributed by atoms with Crippen LogP contribution in [0.25, 0.3) is 0 Å². The molecule has 36 heteroatoms. The minimum atomic E-state index is -1.99. The van der Waals surface area contributed by atoms with E-state index in [0.29, 0.717) is 23.1 Å². The average Bonchev–Trinajstić information content (AvgIpc) is 1.36. The quantitative estimate of drug-likeness (QED) is 0.0214. The molecule has 3 aromatic carbocycles. The molecule has 0 aliphatic carbocycles. The number of unbranched alkanes of at least 4 members (excludes halogenated alkanes) is 1. The van der Waals surface area contributed by atoms with Crippen LogP contribution in [0.5, 0.6) is 11.5 Å². The molecule has 0 spiro atoms. The van der Waals surface area contributed by atoms with Crippen molar-refractivity contribution in [3.05, 3.63) is 108 Å². The number of primary amides is 2. The Morgan fingerprint density at radius 1 is 0.593 bits per heavy atom. The number of nitrogens with one attached hydrogen (secondary N) is 10. The number of nitrogens with zero attached hydrogens (tertiary/aromatic N) is 1. The third-order valence-corrected chi connectivity index (χ3v) is 18.2. The summed E-state index contributed by atoms with van der Waals surface area (Å²) in [4.78, 5) is 220. The van der Waals surface area contributed by atoms with Crippen molar-refractivity contribution >= 4 is 94.7 Å². The van der Waals surface area contributed by atoms with Crippen molar-refractivity contribution in [2.75, 3.05) is 19.6 Å². The molecule has 2 heterocycles. The van der Waals surface area contributed by atoms with Gasteiger partial charge in [-0.25, -0.2) is 4.79 Å². The third kappa shape index (κ3) is 28.7. The molecule has 5 rings (SSSR count). The molecule has 36 nitrogen and oxygen atoms in total. The molecule has 588 valence electrons. The third-order valence-electron chi connectivity index (χ3n) is 18.2. The molecule has 0 unspecified atom stereocenters. The lowest BCUT2D eigenvalue weighted by Crippen LogP contribution is -2.65. The molecule has 0 saturated carbocycles. The van der Waals surface area contributed by atoms with Gasteiger partial charge >= 0.3 is 17.9 Å². The van der Waals surface area contributed by atoms with Gasteiger partial charge in [-0.1, -0.05) is 66.7 Å². The normalized spacial score (nSPS) is 21.2. The van der Waals surface area contributed by atoms with Crippen LogP contribution in [0, 0.1) is 0 Å². The molecule has 0 aromatic heterocycles. The fourth-order valence-electron chi connectivity index (χ4n) is 12.1. The number of aliphatic carboxylic acids is 3. The lowest BCUT2D eigenvalue weighted by molar-refractivity contribution is -0.144. The zero-order valence-electron chi connectivity index (χ0n) is 60.1. The van der Waals surface area contributed by atoms with Crippen molar-refractivity contribution in [3.63, 3.8) is 0 Å². The van der Waals surface area contributed by atoms with Crippen LogP contribution in [0.2, 0.25) is 0 Å². The number of likely N-dealkylation sites (tertiary alicyclic amines) is 1. The van der Waals surface area contributed by atoms with E-state index in [1.165, 1.54) is 62.4 Å². The van der Waals surface area contributed by atoms with Gasteiger partial charge in [-0.2, -0.15) is 0 Å². The fraction of sp³-hybridized carbons (Fsp3) is 0.500. The number of phenols is 2. The SMILES string of the molecule is C[C@@]1(C(=O)N[C@@H](CCC(=O)O)C(=O)O)CCC/C=C\CCC[C@](C)(NC(=O)[C@@H]2CCCN2C(=O)[C@H](CC(N)=O)NC(=O)[C@H](CCC(=O)O)NC(=O)[C@@H](Cc2ccc(O)cc2)NC(=O)CNC(=O)[C@H](N)CC(N)=O)C(=O)N[C@@H](Cc2ccc(O)cc2)C(=O)N[C@@H](CCCCN)C(=O)N[C@@H](Cc2ccccc2)C(=O)N1. The maximum atomic E-state index is 15.3. The van der Waals surface area contributed by atoms with E-state index in [-0.39, 0.29) is 108 Å². The van der Waals surface area contributed by atoms with Gasteiger partial charge in [-0.15, -0.1) is 0 Å². The van der Waals surface area contributed by atoms with Crippen molar-refractivity contribution in [1.82, 2.24) is 58.1 Å². The Balaban J connectivity index is 1.50. The number of carbonyl (C=O) groups excluding carboxylic acids is 13. The summed E-state index contributed by atoms with van der Waals surface area (Å²) >= 11 is 0. The number of phenolic OH excluding ortho intramolecular Hbond substituents is 2. The highest BCUT2D eigenvalue weighted by Crippen LogP contribution is 2.25. The van der Waals surface area contributed by atoms with Crippen LogP contribution >= 0.6 is 0 Å². The maximum Gasteiger partial charge on any atom is 0.326 e. The Morgan fingerprint density at radius 3 is 1.71 bits per heavy atom. The summed E-state index contributed by atoms with van der Waals surface area (Å²) in [6, 6.07) is 4.93. The number of carboxylic acids is 3. The van der Waals surface area contributed by atoms with Gasteiger partial charge in [-0.05, 0) is 145 Å². The molecule has 2 aliphatic rings.